The van der Waals surface area contributed by atoms with Gasteiger partial charge in [-0.25, -0.2) is 4.39 Å². The summed E-state index contributed by atoms with van der Waals surface area (Å²) in [6, 6.07) is 3.39. The van der Waals surface area contributed by atoms with Gasteiger partial charge in [0.05, 0.1) is 5.56 Å². The maximum absolute atomic E-state index is 13.5. The van der Waals surface area contributed by atoms with Crippen molar-refractivity contribution in [1.29, 1.82) is 0 Å². The predicted octanol–water partition coefficient (Wildman–Crippen LogP) is 3.52. The molecule has 0 unspecified atom stereocenters. The largest absolute Gasteiger partial charge is 0.298 e. The van der Waals surface area contributed by atoms with Crippen molar-refractivity contribution < 1.29 is 9.18 Å². The van der Waals surface area contributed by atoms with Crippen LogP contribution in [-0.2, 0) is 0 Å². The van der Waals surface area contributed by atoms with Gasteiger partial charge < -0.3 is 0 Å². The number of hydrogen-bond donors (Lipinski definition) is 0. The Balaban J connectivity index is 3.35. The zero-order valence-electron chi connectivity index (χ0n) is 7.47. The van der Waals surface area contributed by atoms with E-state index in [1.165, 1.54) is 0 Å². The summed E-state index contributed by atoms with van der Waals surface area (Å²) in [4.78, 5) is 10.6. The molecule has 0 fully saturated rings. The number of benzene rings is 1. The summed E-state index contributed by atoms with van der Waals surface area (Å²) >= 11 is 3.12. The number of hydrogen-bond acceptors (Lipinski definition) is 1. The fraction of sp³-hybridized carbons (Fsp3) is 0.300. The molecule has 70 valence electrons. The maximum atomic E-state index is 13.5. The minimum absolute atomic E-state index is 0.0896. The predicted molar refractivity (Wildman–Crippen MR) is 53.6 cm³/mol. The summed E-state index contributed by atoms with van der Waals surface area (Å²) in [5.41, 5.74) is 0.677. The van der Waals surface area contributed by atoms with Crippen LogP contribution in [0.4, 0.5) is 4.39 Å². The minimum atomic E-state index is -0.417. The molecule has 0 saturated carbocycles. The molecule has 3 heteroatoms. The van der Waals surface area contributed by atoms with Gasteiger partial charge in [0, 0.05) is 4.47 Å². The van der Waals surface area contributed by atoms with Gasteiger partial charge in [-0.3, -0.25) is 4.79 Å². The van der Waals surface area contributed by atoms with Crippen LogP contribution in [0.1, 0.15) is 35.7 Å². The van der Waals surface area contributed by atoms with Crippen LogP contribution in [0, 0.1) is 5.82 Å². The van der Waals surface area contributed by atoms with Crippen LogP contribution in [0.15, 0.2) is 16.6 Å². The van der Waals surface area contributed by atoms with Crippen LogP contribution in [0.3, 0.4) is 0 Å². The maximum Gasteiger partial charge on any atom is 0.154 e. The first-order valence-electron chi connectivity index (χ1n) is 4.01. The van der Waals surface area contributed by atoms with Gasteiger partial charge in [-0.2, -0.15) is 0 Å². The van der Waals surface area contributed by atoms with E-state index in [0.29, 0.717) is 16.3 Å². The third-order valence-corrected chi connectivity index (χ3v) is 2.59. The number of rotatable bonds is 2. The highest BCUT2D eigenvalue weighted by Gasteiger charge is 2.13. The van der Waals surface area contributed by atoms with Gasteiger partial charge in [0.25, 0.3) is 0 Å². The standard InChI is InChI=1S/C10H10BrFO/c1-6(2)7-3-4-9(11)8(5-13)10(7)12/h3-6H,1-2H3. The number of halogens is 2. The molecule has 0 aromatic heterocycles. The average molecular weight is 245 g/mol. The van der Waals surface area contributed by atoms with E-state index in [1.54, 1.807) is 12.1 Å². The highest BCUT2D eigenvalue weighted by molar-refractivity contribution is 9.10. The van der Waals surface area contributed by atoms with Gasteiger partial charge in [0.1, 0.15) is 5.82 Å². The Bertz CT molecular complexity index is 334. The van der Waals surface area contributed by atoms with E-state index < -0.39 is 5.82 Å². The van der Waals surface area contributed by atoms with Gasteiger partial charge >= 0.3 is 0 Å². The molecule has 0 amide bonds. The van der Waals surface area contributed by atoms with Crippen LogP contribution in [0.2, 0.25) is 0 Å². The van der Waals surface area contributed by atoms with Gasteiger partial charge in [-0.05, 0) is 33.5 Å². The normalized spacial score (nSPS) is 10.5. The topological polar surface area (TPSA) is 17.1 Å². The Labute approximate surface area is 85.1 Å². The number of carbonyl (C=O) groups excluding carboxylic acids is 1. The molecule has 0 aliphatic carbocycles. The highest BCUT2D eigenvalue weighted by atomic mass is 79.9. The molecule has 0 N–H and O–H groups in total. The quantitative estimate of drug-likeness (QED) is 0.728. The van der Waals surface area contributed by atoms with Crippen molar-refractivity contribution in [1.82, 2.24) is 0 Å². The fourth-order valence-corrected chi connectivity index (χ4v) is 1.54. The molecule has 0 saturated heterocycles. The van der Waals surface area contributed by atoms with E-state index in [4.69, 9.17) is 0 Å². The van der Waals surface area contributed by atoms with E-state index in [-0.39, 0.29) is 11.5 Å². The van der Waals surface area contributed by atoms with Crippen molar-refractivity contribution >= 4 is 22.2 Å². The molecule has 0 bridgehead atoms. The molecular weight excluding hydrogens is 235 g/mol. The first kappa shape index (κ1) is 10.4. The molecule has 1 aromatic rings. The second-order valence-electron chi connectivity index (χ2n) is 3.14. The molecule has 0 atom stereocenters. The summed E-state index contributed by atoms with van der Waals surface area (Å²) in [5.74, 6) is -0.328. The Hall–Kier alpha value is -0.700. The zero-order valence-corrected chi connectivity index (χ0v) is 9.06. The fourth-order valence-electron chi connectivity index (χ4n) is 1.14. The van der Waals surface area contributed by atoms with Crippen LogP contribution in [0.25, 0.3) is 0 Å². The van der Waals surface area contributed by atoms with Crippen LogP contribution in [0.5, 0.6) is 0 Å². The Kier molecular flexibility index (Phi) is 3.20. The molecule has 1 rings (SSSR count). The second kappa shape index (κ2) is 4.01. The SMILES string of the molecule is CC(C)c1ccc(Br)c(C=O)c1F. The summed E-state index contributed by atoms with van der Waals surface area (Å²) < 4.78 is 14.0. The molecule has 0 radical (unpaired) electrons. The summed E-state index contributed by atoms with van der Waals surface area (Å²) in [5, 5.41) is 0. The van der Waals surface area contributed by atoms with E-state index in [9.17, 15) is 9.18 Å². The third-order valence-electron chi connectivity index (χ3n) is 1.90. The van der Waals surface area contributed by atoms with Crippen LogP contribution in [-0.4, -0.2) is 6.29 Å². The van der Waals surface area contributed by atoms with Crippen molar-refractivity contribution in [3.8, 4) is 0 Å². The van der Waals surface area contributed by atoms with Crippen molar-refractivity contribution in [3.63, 3.8) is 0 Å². The summed E-state index contributed by atoms with van der Waals surface area (Å²) in [6.07, 6.45) is 0.533. The van der Waals surface area contributed by atoms with Crippen LogP contribution >= 0.6 is 15.9 Å². The van der Waals surface area contributed by atoms with Crippen LogP contribution < -0.4 is 0 Å². The Morgan fingerprint density at radius 3 is 2.54 bits per heavy atom. The number of aldehydes is 1. The molecule has 1 nitrogen and oxygen atoms in total. The second-order valence-corrected chi connectivity index (χ2v) is 3.99. The lowest BCUT2D eigenvalue weighted by Crippen LogP contribution is -1.98. The van der Waals surface area contributed by atoms with Gasteiger partial charge in [0.2, 0.25) is 0 Å². The number of carbonyl (C=O) groups is 1. The first-order valence-corrected chi connectivity index (χ1v) is 4.80. The Morgan fingerprint density at radius 1 is 1.46 bits per heavy atom. The first-order chi connectivity index (χ1) is 6.07. The van der Waals surface area contributed by atoms with E-state index in [1.807, 2.05) is 13.8 Å². The lowest BCUT2D eigenvalue weighted by atomic mass is 10.0. The van der Waals surface area contributed by atoms with Crippen molar-refractivity contribution in [3.05, 3.63) is 33.5 Å². The van der Waals surface area contributed by atoms with Crippen molar-refractivity contribution in [2.45, 2.75) is 19.8 Å². The smallest absolute Gasteiger partial charge is 0.154 e. The van der Waals surface area contributed by atoms with Crippen molar-refractivity contribution in [2.75, 3.05) is 0 Å². The van der Waals surface area contributed by atoms with E-state index in [0.717, 1.165) is 0 Å². The molecule has 0 spiro atoms. The van der Waals surface area contributed by atoms with Gasteiger partial charge in [0.15, 0.2) is 6.29 Å². The van der Waals surface area contributed by atoms with Gasteiger partial charge in [-0.15, -0.1) is 0 Å². The van der Waals surface area contributed by atoms with E-state index in [2.05, 4.69) is 15.9 Å². The average Bonchev–Trinajstić information content (AvgIpc) is 2.04. The highest BCUT2D eigenvalue weighted by Crippen LogP contribution is 2.25. The molecule has 1 aromatic carbocycles. The molecule has 13 heavy (non-hydrogen) atoms. The summed E-state index contributed by atoms with van der Waals surface area (Å²) in [7, 11) is 0. The summed E-state index contributed by atoms with van der Waals surface area (Å²) in [6.45, 7) is 3.78. The Morgan fingerprint density at radius 2 is 2.08 bits per heavy atom. The minimum Gasteiger partial charge on any atom is -0.298 e. The lowest BCUT2D eigenvalue weighted by molar-refractivity contribution is 0.111. The lowest BCUT2D eigenvalue weighted by Gasteiger charge is -2.09. The molecule has 0 heterocycles. The molecule has 0 aliphatic rings. The molecule has 0 aliphatic heterocycles. The van der Waals surface area contributed by atoms with E-state index >= 15 is 0 Å². The zero-order chi connectivity index (χ0) is 10.0. The van der Waals surface area contributed by atoms with Gasteiger partial charge in [-0.1, -0.05) is 19.9 Å². The third kappa shape index (κ3) is 1.97. The van der Waals surface area contributed by atoms with Crippen molar-refractivity contribution in [2.24, 2.45) is 0 Å². The monoisotopic (exact) mass is 244 g/mol. The molecular formula is C10H10BrFO.